The van der Waals surface area contributed by atoms with Gasteiger partial charge >= 0.3 is 11.9 Å². The monoisotopic (exact) mass is 548 g/mol. The smallest absolute Gasteiger partial charge is 0.323 e. The Bertz CT molecular complexity index is 1600. The summed E-state index contributed by atoms with van der Waals surface area (Å²) in [4.78, 5) is 44.5. The lowest BCUT2D eigenvalue weighted by atomic mass is 9.97. The fourth-order valence-electron chi connectivity index (χ4n) is 4.08. The minimum absolute atomic E-state index is 0.308. The van der Waals surface area contributed by atoms with Gasteiger partial charge in [0, 0.05) is 24.5 Å². The number of carboxylic acid groups (broad SMARTS) is 2. The number of carbonyl (C=O) groups is 2. The summed E-state index contributed by atoms with van der Waals surface area (Å²) in [5, 5.41) is 17.5. The molecule has 0 unspecified atom stereocenters. The van der Waals surface area contributed by atoms with E-state index in [9.17, 15) is 23.6 Å². The fraction of sp³-hybridized carbons (Fsp3) is 0.226. The number of carboxylic acids is 2. The van der Waals surface area contributed by atoms with Crippen LogP contribution in [0.25, 0.3) is 22.3 Å². The van der Waals surface area contributed by atoms with E-state index in [1.54, 1.807) is 24.4 Å². The molecule has 210 valence electrons. The number of hydrogen-bond donors (Lipinski definition) is 2. The van der Waals surface area contributed by atoms with E-state index in [2.05, 4.69) is 0 Å². The van der Waals surface area contributed by atoms with Crippen molar-refractivity contribution < 1.29 is 24.2 Å². The molecule has 0 radical (unpaired) electrons. The second kappa shape index (κ2) is 14.4. The van der Waals surface area contributed by atoms with E-state index >= 15 is 0 Å². The van der Waals surface area contributed by atoms with Crippen LogP contribution in [0.2, 0.25) is 0 Å². The average molecular weight is 549 g/mol. The van der Waals surface area contributed by atoms with Crippen molar-refractivity contribution in [2.24, 2.45) is 0 Å². The summed E-state index contributed by atoms with van der Waals surface area (Å²) in [5.41, 5.74) is 5.48. The van der Waals surface area contributed by atoms with Crippen LogP contribution in [-0.2, 0) is 22.7 Å². The van der Waals surface area contributed by atoms with Gasteiger partial charge in [-0.15, -0.1) is 0 Å². The summed E-state index contributed by atoms with van der Waals surface area (Å²) >= 11 is 0. The number of hydrogen-bond acceptors (Lipinski definition) is 4. The lowest BCUT2D eigenvalue weighted by Gasteiger charge is -2.11. The molecule has 0 spiro atoms. The number of aryl methyl sites for hydroxylation is 3. The van der Waals surface area contributed by atoms with E-state index in [0.29, 0.717) is 11.1 Å². The summed E-state index contributed by atoms with van der Waals surface area (Å²) in [6.07, 6.45) is 3.03. The van der Waals surface area contributed by atoms with Gasteiger partial charge in [-0.2, -0.15) is 0 Å². The second-order valence-electron chi connectivity index (χ2n) is 8.78. The van der Waals surface area contributed by atoms with Gasteiger partial charge in [0.15, 0.2) is 0 Å². The van der Waals surface area contributed by atoms with Crippen LogP contribution >= 0.6 is 0 Å². The van der Waals surface area contributed by atoms with E-state index in [1.807, 2.05) is 52.8 Å². The Labute approximate surface area is 231 Å². The van der Waals surface area contributed by atoms with Gasteiger partial charge in [0.25, 0.3) is 11.1 Å². The first-order chi connectivity index (χ1) is 19.0. The molecule has 8 nitrogen and oxygen atoms in total. The third-order valence-corrected chi connectivity index (χ3v) is 5.86. The molecule has 0 bridgehead atoms. The van der Waals surface area contributed by atoms with E-state index in [0.717, 1.165) is 32.4 Å². The highest BCUT2D eigenvalue weighted by atomic mass is 19.1. The largest absolute Gasteiger partial charge is 0.480 e. The number of benzene rings is 2. The van der Waals surface area contributed by atoms with Gasteiger partial charge in [-0.05, 0) is 84.0 Å². The highest BCUT2D eigenvalue weighted by molar-refractivity contribution is 5.71. The maximum atomic E-state index is 13.3. The van der Waals surface area contributed by atoms with Crippen LogP contribution in [0.1, 0.15) is 30.5 Å². The molecule has 9 heteroatoms. The van der Waals surface area contributed by atoms with Crippen molar-refractivity contribution in [1.29, 1.82) is 0 Å². The highest BCUT2D eigenvalue weighted by Gasteiger charge is 2.09. The Kier molecular flexibility index (Phi) is 11.3. The normalized spacial score (nSPS) is 10.1. The van der Waals surface area contributed by atoms with Crippen molar-refractivity contribution in [2.45, 2.75) is 47.7 Å². The molecular formula is C31H33FN2O6. The summed E-state index contributed by atoms with van der Waals surface area (Å²) < 4.78 is 15.6. The Balaban J connectivity index is 0.000000264. The van der Waals surface area contributed by atoms with Crippen LogP contribution in [-0.4, -0.2) is 31.3 Å². The van der Waals surface area contributed by atoms with Crippen molar-refractivity contribution in [3.8, 4) is 22.3 Å². The average Bonchev–Trinajstić information content (AvgIpc) is 2.89. The van der Waals surface area contributed by atoms with Gasteiger partial charge < -0.3 is 19.3 Å². The summed E-state index contributed by atoms with van der Waals surface area (Å²) in [6, 6.07) is 16.3. The number of aromatic nitrogens is 2. The van der Waals surface area contributed by atoms with Gasteiger partial charge in [0.2, 0.25) is 0 Å². The third kappa shape index (κ3) is 8.36. The van der Waals surface area contributed by atoms with Crippen molar-refractivity contribution in [3.05, 3.63) is 116 Å². The molecule has 2 aromatic heterocycles. The van der Waals surface area contributed by atoms with E-state index in [-0.39, 0.29) is 17.9 Å². The zero-order valence-electron chi connectivity index (χ0n) is 23.1. The number of pyridine rings is 2. The number of rotatable bonds is 6. The quantitative estimate of drug-likeness (QED) is 0.338. The van der Waals surface area contributed by atoms with E-state index in [4.69, 9.17) is 10.2 Å². The predicted octanol–water partition coefficient (Wildman–Crippen LogP) is 5.29. The number of halogens is 1. The Morgan fingerprint density at radius 2 is 1.18 bits per heavy atom. The van der Waals surface area contributed by atoms with Gasteiger partial charge in [0.05, 0.1) is 0 Å². The molecule has 4 aromatic rings. The maximum absolute atomic E-state index is 13.3. The first kappa shape index (κ1) is 31.4. The van der Waals surface area contributed by atoms with Crippen LogP contribution in [0.5, 0.6) is 0 Å². The summed E-state index contributed by atoms with van der Waals surface area (Å²) in [7, 11) is 0. The molecule has 0 atom stereocenters. The Morgan fingerprint density at radius 1 is 0.700 bits per heavy atom. The van der Waals surface area contributed by atoms with Crippen LogP contribution in [0, 0.1) is 26.6 Å². The van der Waals surface area contributed by atoms with Crippen molar-refractivity contribution >= 4 is 11.9 Å². The topological polar surface area (TPSA) is 119 Å². The number of aliphatic carboxylic acids is 2. The molecule has 0 saturated heterocycles. The predicted molar refractivity (Wildman–Crippen MR) is 153 cm³/mol. The van der Waals surface area contributed by atoms with Crippen LogP contribution in [0.3, 0.4) is 0 Å². The van der Waals surface area contributed by atoms with Gasteiger partial charge in [-0.3, -0.25) is 19.2 Å². The molecule has 2 N–H and O–H groups in total. The molecular weight excluding hydrogens is 515 g/mol. The van der Waals surface area contributed by atoms with E-state index in [1.165, 1.54) is 35.0 Å². The molecule has 0 fully saturated rings. The van der Waals surface area contributed by atoms with E-state index < -0.39 is 24.0 Å². The van der Waals surface area contributed by atoms with Crippen LogP contribution in [0.15, 0.2) is 82.6 Å². The molecule has 0 aliphatic rings. The molecule has 0 aliphatic heterocycles. The third-order valence-electron chi connectivity index (χ3n) is 5.86. The van der Waals surface area contributed by atoms with Crippen LogP contribution in [0.4, 0.5) is 4.39 Å². The zero-order chi connectivity index (χ0) is 30.0. The zero-order valence-corrected chi connectivity index (χ0v) is 23.1. The molecule has 0 amide bonds. The van der Waals surface area contributed by atoms with Gasteiger partial charge in [-0.1, -0.05) is 38.1 Å². The first-order valence-corrected chi connectivity index (χ1v) is 12.6. The molecule has 0 saturated carbocycles. The van der Waals surface area contributed by atoms with Crippen molar-refractivity contribution in [1.82, 2.24) is 9.13 Å². The highest BCUT2D eigenvalue weighted by Crippen LogP contribution is 2.26. The Hall–Kier alpha value is -4.79. The second-order valence-corrected chi connectivity index (χ2v) is 8.78. The SMILES string of the molecule is CC.Cc1ccc(F)cc1-c1ccc(=O)n(CC(=O)O)c1.Cc1cccc(C)c1-c1ccc(=O)n(CC(=O)O)c1. The lowest BCUT2D eigenvalue weighted by Crippen LogP contribution is -2.22. The molecule has 2 aromatic carbocycles. The van der Waals surface area contributed by atoms with Crippen molar-refractivity contribution in [3.63, 3.8) is 0 Å². The fourth-order valence-corrected chi connectivity index (χ4v) is 4.08. The van der Waals surface area contributed by atoms with Gasteiger partial charge in [-0.25, -0.2) is 4.39 Å². The first-order valence-electron chi connectivity index (χ1n) is 12.6. The summed E-state index contributed by atoms with van der Waals surface area (Å²) in [6.45, 7) is 9.07. The van der Waals surface area contributed by atoms with Gasteiger partial charge in [0.1, 0.15) is 18.9 Å². The van der Waals surface area contributed by atoms with Crippen molar-refractivity contribution in [2.75, 3.05) is 0 Å². The lowest BCUT2D eigenvalue weighted by molar-refractivity contribution is -0.138. The minimum atomic E-state index is -1.10. The molecule has 2 heterocycles. The van der Waals surface area contributed by atoms with Crippen LogP contribution < -0.4 is 11.1 Å². The Morgan fingerprint density at radius 3 is 1.68 bits per heavy atom. The summed E-state index contributed by atoms with van der Waals surface area (Å²) in [5.74, 6) is -2.51. The molecule has 40 heavy (non-hydrogen) atoms. The molecule has 0 aliphatic carbocycles. The number of nitrogens with zero attached hydrogens (tertiary/aromatic N) is 2. The maximum Gasteiger partial charge on any atom is 0.323 e. The molecule has 4 rings (SSSR count). The minimum Gasteiger partial charge on any atom is -0.480 e. The standard InChI is InChI=1S/C15H15NO3.C14H12FNO3.C2H6/c1-10-4-3-5-11(2)15(10)12-6-7-13(17)16(8-12)9-14(18)19;1-9-2-4-11(15)6-12(9)10-3-5-13(17)16(7-10)8-14(18)19;1-2/h3-8H,9H2,1-2H3,(H,18,19);2-7H,8H2,1H3,(H,18,19);1-2H3.